The second-order valence-corrected chi connectivity index (χ2v) is 6.19. The molecule has 1 aromatic heterocycles. The van der Waals surface area contributed by atoms with Crippen LogP contribution in [-0.4, -0.2) is 26.3 Å². The lowest BCUT2D eigenvalue weighted by Crippen LogP contribution is -2.05. The van der Waals surface area contributed by atoms with Gasteiger partial charge in [-0.05, 0) is 31.2 Å². The highest BCUT2D eigenvalue weighted by molar-refractivity contribution is 7.99. The van der Waals surface area contributed by atoms with Crippen LogP contribution in [0.5, 0.6) is 0 Å². The molecule has 0 bridgehead atoms. The summed E-state index contributed by atoms with van der Waals surface area (Å²) in [4.78, 5) is 12.2. The molecule has 0 amide bonds. The van der Waals surface area contributed by atoms with Crippen LogP contribution < -0.4 is 5.73 Å². The molecule has 0 aliphatic carbocycles. The van der Waals surface area contributed by atoms with Gasteiger partial charge >= 0.3 is 0 Å². The van der Waals surface area contributed by atoms with Crippen molar-refractivity contribution in [2.24, 2.45) is 0 Å². The third-order valence-electron chi connectivity index (χ3n) is 3.63. The second-order valence-electron chi connectivity index (χ2n) is 5.25. The predicted octanol–water partition coefficient (Wildman–Crippen LogP) is 3.52. The van der Waals surface area contributed by atoms with E-state index in [1.165, 1.54) is 11.8 Å². The van der Waals surface area contributed by atoms with E-state index in [4.69, 9.17) is 5.73 Å². The largest absolute Gasteiger partial charge is 0.399 e. The molecular formula is C18H18N4OS. The molecule has 122 valence electrons. The zero-order valence-electron chi connectivity index (χ0n) is 13.3. The van der Waals surface area contributed by atoms with E-state index in [0.29, 0.717) is 17.0 Å². The van der Waals surface area contributed by atoms with Crippen molar-refractivity contribution in [1.82, 2.24) is 14.8 Å². The topological polar surface area (TPSA) is 73.8 Å². The second kappa shape index (κ2) is 7.31. The predicted molar refractivity (Wildman–Crippen MR) is 97.0 cm³/mol. The normalized spacial score (nSPS) is 10.7. The molecule has 0 aliphatic heterocycles. The molecule has 24 heavy (non-hydrogen) atoms. The number of ketones is 1. The zero-order valence-corrected chi connectivity index (χ0v) is 14.2. The third kappa shape index (κ3) is 3.49. The molecule has 0 aliphatic rings. The Kier molecular flexibility index (Phi) is 4.96. The van der Waals surface area contributed by atoms with Crippen LogP contribution in [-0.2, 0) is 6.54 Å². The third-order valence-corrected chi connectivity index (χ3v) is 4.60. The molecule has 6 heteroatoms. The van der Waals surface area contributed by atoms with Gasteiger partial charge in [0.15, 0.2) is 16.8 Å². The molecule has 2 N–H and O–H groups in total. The molecule has 0 spiro atoms. The number of nitrogens with two attached hydrogens (primary N) is 1. The van der Waals surface area contributed by atoms with Crippen molar-refractivity contribution in [2.45, 2.75) is 18.6 Å². The van der Waals surface area contributed by atoms with Crippen molar-refractivity contribution in [2.75, 3.05) is 11.5 Å². The summed E-state index contributed by atoms with van der Waals surface area (Å²) in [6, 6.07) is 16.8. The molecule has 0 atom stereocenters. The summed E-state index contributed by atoms with van der Waals surface area (Å²) in [6.45, 7) is 2.77. The van der Waals surface area contributed by atoms with Crippen LogP contribution in [0, 0.1) is 0 Å². The first kappa shape index (κ1) is 16.3. The van der Waals surface area contributed by atoms with Gasteiger partial charge in [-0.1, -0.05) is 42.1 Å². The van der Waals surface area contributed by atoms with E-state index in [9.17, 15) is 4.79 Å². The summed E-state index contributed by atoms with van der Waals surface area (Å²) >= 11 is 1.41. The highest BCUT2D eigenvalue weighted by Gasteiger charge is 2.15. The number of nitrogens with zero attached hydrogens (tertiary/aromatic N) is 3. The van der Waals surface area contributed by atoms with Crippen LogP contribution in [0.25, 0.3) is 11.4 Å². The Hall–Kier alpha value is -2.60. The monoisotopic (exact) mass is 338 g/mol. The quantitative estimate of drug-likeness (QED) is 0.423. The Morgan fingerprint density at radius 2 is 1.79 bits per heavy atom. The maximum Gasteiger partial charge on any atom is 0.191 e. The number of benzene rings is 2. The molecule has 0 fully saturated rings. The Morgan fingerprint density at radius 3 is 2.46 bits per heavy atom. The summed E-state index contributed by atoms with van der Waals surface area (Å²) in [7, 11) is 0. The minimum atomic E-state index is 0.0836. The number of aromatic nitrogens is 3. The lowest BCUT2D eigenvalue weighted by atomic mass is 10.2. The summed E-state index contributed by atoms with van der Waals surface area (Å²) in [5, 5.41) is 9.27. The molecule has 5 nitrogen and oxygen atoms in total. The number of hydrogen-bond donors (Lipinski definition) is 1. The highest BCUT2D eigenvalue weighted by Crippen LogP contribution is 2.25. The average molecular weight is 338 g/mol. The summed E-state index contributed by atoms with van der Waals surface area (Å²) in [5.41, 5.74) is 8.12. The number of anilines is 1. The number of hydrogen-bond acceptors (Lipinski definition) is 5. The zero-order chi connectivity index (χ0) is 16.9. The van der Waals surface area contributed by atoms with Gasteiger partial charge in [-0.15, -0.1) is 10.2 Å². The maximum atomic E-state index is 12.2. The van der Waals surface area contributed by atoms with Gasteiger partial charge in [0, 0.05) is 23.4 Å². The first-order chi connectivity index (χ1) is 11.7. The minimum absolute atomic E-state index is 0.0836. The highest BCUT2D eigenvalue weighted by atomic mass is 32.2. The molecular weight excluding hydrogens is 320 g/mol. The lowest BCUT2D eigenvalue weighted by molar-refractivity contribution is 0.102. The number of rotatable bonds is 6. The lowest BCUT2D eigenvalue weighted by Gasteiger charge is -2.07. The molecule has 0 radical (unpaired) electrons. The van der Waals surface area contributed by atoms with Crippen molar-refractivity contribution in [3.8, 4) is 11.4 Å². The molecule has 0 saturated heterocycles. The molecule has 0 saturated carbocycles. The van der Waals surface area contributed by atoms with Crippen molar-refractivity contribution in [1.29, 1.82) is 0 Å². The fourth-order valence-electron chi connectivity index (χ4n) is 2.36. The molecule has 0 unspecified atom stereocenters. The summed E-state index contributed by atoms with van der Waals surface area (Å²) in [6.07, 6.45) is 0. The molecule has 2 aromatic carbocycles. The number of carbonyl (C=O) groups is 1. The number of Topliss-reactive ketones (excluding diaryl/α,β-unsaturated/α-hetero) is 1. The van der Waals surface area contributed by atoms with Crippen LogP contribution in [0.3, 0.4) is 0 Å². The fourth-order valence-corrected chi connectivity index (χ4v) is 3.26. The van der Waals surface area contributed by atoms with Crippen molar-refractivity contribution in [3.63, 3.8) is 0 Å². The number of thioether (sulfide) groups is 1. The van der Waals surface area contributed by atoms with E-state index in [1.54, 1.807) is 0 Å². The number of carbonyl (C=O) groups excluding carboxylic acids is 1. The first-order valence-corrected chi connectivity index (χ1v) is 8.67. The van der Waals surface area contributed by atoms with E-state index in [1.807, 2.05) is 66.1 Å². The van der Waals surface area contributed by atoms with Crippen LogP contribution in [0.15, 0.2) is 59.8 Å². The van der Waals surface area contributed by atoms with Gasteiger partial charge in [0.1, 0.15) is 0 Å². The summed E-state index contributed by atoms with van der Waals surface area (Å²) in [5.74, 6) is 1.21. The minimum Gasteiger partial charge on any atom is -0.399 e. The summed E-state index contributed by atoms with van der Waals surface area (Å²) < 4.78 is 2.01. The van der Waals surface area contributed by atoms with E-state index in [0.717, 1.165) is 23.1 Å². The van der Waals surface area contributed by atoms with Gasteiger partial charge in [-0.3, -0.25) is 4.79 Å². The Bertz CT molecular complexity index is 828. The smallest absolute Gasteiger partial charge is 0.191 e. The molecule has 3 rings (SSSR count). The van der Waals surface area contributed by atoms with Crippen LogP contribution in [0.1, 0.15) is 17.3 Å². The van der Waals surface area contributed by atoms with Gasteiger partial charge in [0.2, 0.25) is 0 Å². The van der Waals surface area contributed by atoms with Crippen molar-refractivity contribution < 1.29 is 4.79 Å². The maximum absolute atomic E-state index is 12.2. The van der Waals surface area contributed by atoms with Gasteiger partial charge < -0.3 is 10.3 Å². The van der Waals surface area contributed by atoms with Gasteiger partial charge in [-0.25, -0.2) is 0 Å². The van der Waals surface area contributed by atoms with Crippen LogP contribution in [0.2, 0.25) is 0 Å². The fraction of sp³-hybridized carbons (Fsp3) is 0.167. The molecule has 1 heterocycles. The Labute approximate surface area is 144 Å². The van der Waals surface area contributed by atoms with Crippen molar-refractivity contribution >= 4 is 23.2 Å². The van der Waals surface area contributed by atoms with E-state index < -0.39 is 0 Å². The Morgan fingerprint density at radius 1 is 1.08 bits per heavy atom. The van der Waals surface area contributed by atoms with Gasteiger partial charge in [0.05, 0.1) is 5.75 Å². The van der Waals surface area contributed by atoms with Crippen LogP contribution >= 0.6 is 11.8 Å². The van der Waals surface area contributed by atoms with Gasteiger partial charge in [0.25, 0.3) is 0 Å². The van der Waals surface area contributed by atoms with E-state index in [-0.39, 0.29) is 5.78 Å². The van der Waals surface area contributed by atoms with E-state index >= 15 is 0 Å². The molecule has 3 aromatic rings. The van der Waals surface area contributed by atoms with Crippen LogP contribution in [0.4, 0.5) is 5.69 Å². The van der Waals surface area contributed by atoms with Crippen molar-refractivity contribution in [3.05, 3.63) is 60.2 Å². The average Bonchev–Trinajstić information content (AvgIpc) is 3.04. The number of nitrogen functional groups attached to an aromatic ring is 1. The Balaban J connectivity index is 1.77. The first-order valence-electron chi connectivity index (χ1n) is 7.69. The SMILES string of the molecule is CCn1c(SCC(=O)c2ccccc2)nnc1-c1ccc(N)cc1. The van der Waals surface area contributed by atoms with Gasteiger partial charge in [-0.2, -0.15) is 0 Å². The van der Waals surface area contributed by atoms with E-state index in [2.05, 4.69) is 10.2 Å². The standard InChI is InChI=1S/C18H18N4OS/c1-2-22-17(14-8-10-15(19)11-9-14)20-21-18(22)24-12-16(23)13-6-4-3-5-7-13/h3-11H,2,12,19H2,1H3.